The number of piperidine rings is 1. The summed E-state index contributed by atoms with van der Waals surface area (Å²) in [5, 5.41) is 3.63. The Balaban J connectivity index is 1.96. The molecule has 84 valence electrons. The Morgan fingerprint density at radius 1 is 1.19 bits per heavy atom. The maximum atomic E-state index is 6.00. The molecule has 1 aromatic heterocycles. The molecule has 1 aromatic carbocycles. The Kier molecular flexibility index (Phi) is 2.88. The van der Waals surface area contributed by atoms with Gasteiger partial charge in [-0.15, -0.1) is 11.3 Å². The lowest BCUT2D eigenvalue weighted by Gasteiger charge is -2.27. The summed E-state index contributed by atoms with van der Waals surface area (Å²) in [6.07, 6.45) is 2.36. The predicted molar refractivity (Wildman–Crippen MR) is 71.2 cm³/mol. The molecule has 0 amide bonds. The van der Waals surface area contributed by atoms with Crippen LogP contribution in [0.3, 0.4) is 0 Å². The number of rotatable bonds is 1. The van der Waals surface area contributed by atoms with Crippen LogP contribution in [-0.2, 0) is 0 Å². The topological polar surface area (TPSA) is 3.24 Å². The molecule has 1 aliphatic rings. The van der Waals surface area contributed by atoms with E-state index in [0.717, 1.165) is 13.1 Å². The highest BCUT2D eigenvalue weighted by atomic mass is 35.5. The lowest BCUT2D eigenvalue weighted by molar-refractivity contribution is 0.337. The van der Waals surface area contributed by atoms with E-state index in [2.05, 4.69) is 29.6 Å². The molecular weight excluding hydrogens is 238 g/mol. The third-order valence-corrected chi connectivity index (χ3v) is 4.63. The average Bonchev–Trinajstić information content (AvgIpc) is 2.78. The van der Waals surface area contributed by atoms with Gasteiger partial charge >= 0.3 is 0 Å². The molecule has 0 aliphatic carbocycles. The van der Waals surface area contributed by atoms with Gasteiger partial charge in [-0.1, -0.05) is 12.1 Å². The summed E-state index contributed by atoms with van der Waals surface area (Å²) < 4.78 is 3.32. The number of halogens is 1. The van der Waals surface area contributed by atoms with E-state index in [-0.39, 0.29) is 0 Å². The minimum atomic E-state index is 0.688. The largest absolute Gasteiger partial charge is 0.220 e. The lowest BCUT2D eigenvalue weighted by Crippen LogP contribution is -2.25. The van der Waals surface area contributed by atoms with Crippen LogP contribution in [0.2, 0.25) is 0 Å². The molecule has 3 heteroatoms. The highest BCUT2D eigenvalue weighted by Gasteiger charge is 2.20. The molecule has 0 bridgehead atoms. The fraction of sp³-hybridized carbons (Fsp3) is 0.385. The van der Waals surface area contributed by atoms with Crippen LogP contribution < -0.4 is 0 Å². The van der Waals surface area contributed by atoms with Gasteiger partial charge in [-0.3, -0.25) is 0 Å². The molecule has 0 saturated carbocycles. The molecule has 0 unspecified atom stereocenters. The van der Waals surface area contributed by atoms with Crippen molar-refractivity contribution < 1.29 is 0 Å². The van der Waals surface area contributed by atoms with Crippen molar-refractivity contribution in [2.24, 2.45) is 0 Å². The van der Waals surface area contributed by atoms with E-state index in [9.17, 15) is 0 Å². The average molecular weight is 252 g/mol. The molecule has 2 heterocycles. The van der Waals surface area contributed by atoms with Crippen LogP contribution in [0.25, 0.3) is 10.1 Å². The summed E-state index contributed by atoms with van der Waals surface area (Å²) >= 11 is 7.83. The van der Waals surface area contributed by atoms with Crippen LogP contribution in [0.15, 0.2) is 29.6 Å². The normalized spacial score (nSPS) is 19.3. The first-order valence-corrected chi connectivity index (χ1v) is 6.93. The molecule has 1 aliphatic heterocycles. The number of thiophene rings is 1. The lowest BCUT2D eigenvalue weighted by atomic mass is 9.88. The first kappa shape index (κ1) is 10.6. The summed E-state index contributed by atoms with van der Waals surface area (Å²) in [6.45, 7) is 2.01. The van der Waals surface area contributed by atoms with Gasteiger partial charge in [0, 0.05) is 17.8 Å². The van der Waals surface area contributed by atoms with Crippen LogP contribution in [0, 0.1) is 0 Å². The molecule has 1 saturated heterocycles. The first-order valence-electron chi connectivity index (χ1n) is 5.71. The number of hydrogen-bond acceptors (Lipinski definition) is 2. The van der Waals surface area contributed by atoms with Crippen molar-refractivity contribution in [3.63, 3.8) is 0 Å². The summed E-state index contributed by atoms with van der Waals surface area (Å²) in [6, 6.07) is 8.92. The molecule has 1 nitrogen and oxygen atoms in total. The van der Waals surface area contributed by atoms with E-state index in [1.54, 1.807) is 0 Å². The molecule has 0 N–H and O–H groups in total. The molecule has 0 spiro atoms. The summed E-state index contributed by atoms with van der Waals surface area (Å²) in [7, 11) is 0. The minimum absolute atomic E-state index is 0.688. The second-order valence-corrected chi connectivity index (χ2v) is 5.79. The van der Waals surface area contributed by atoms with Gasteiger partial charge in [-0.2, -0.15) is 0 Å². The molecule has 3 rings (SSSR count). The quantitative estimate of drug-likeness (QED) is 0.686. The van der Waals surface area contributed by atoms with Gasteiger partial charge in [0.2, 0.25) is 0 Å². The van der Waals surface area contributed by atoms with Crippen LogP contribution in [0.4, 0.5) is 0 Å². The van der Waals surface area contributed by atoms with Gasteiger partial charge in [0.05, 0.1) is 0 Å². The predicted octanol–water partition coefficient (Wildman–Crippen LogP) is 4.23. The Morgan fingerprint density at radius 2 is 2.00 bits per heavy atom. The third kappa shape index (κ3) is 1.86. The summed E-state index contributed by atoms with van der Waals surface area (Å²) in [5.74, 6) is 0.688. The Morgan fingerprint density at radius 3 is 2.81 bits per heavy atom. The van der Waals surface area contributed by atoms with Crippen molar-refractivity contribution in [2.75, 3.05) is 13.1 Å². The van der Waals surface area contributed by atoms with Gasteiger partial charge in [0.1, 0.15) is 0 Å². The zero-order chi connectivity index (χ0) is 11.0. The Hall–Kier alpha value is -0.570. The second kappa shape index (κ2) is 4.36. The van der Waals surface area contributed by atoms with E-state index in [1.165, 1.54) is 28.5 Å². The first-order chi connectivity index (χ1) is 7.84. The number of hydrogen-bond donors (Lipinski definition) is 0. The van der Waals surface area contributed by atoms with Crippen molar-refractivity contribution in [1.29, 1.82) is 0 Å². The number of nitrogens with zero attached hydrogens (tertiary/aromatic N) is 1. The maximum Gasteiger partial charge on any atom is 0.0345 e. The minimum Gasteiger partial charge on any atom is -0.220 e. The van der Waals surface area contributed by atoms with Gasteiger partial charge in [-0.05, 0) is 59.0 Å². The van der Waals surface area contributed by atoms with Crippen molar-refractivity contribution in [2.45, 2.75) is 18.8 Å². The van der Waals surface area contributed by atoms with Gasteiger partial charge in [0.15, 0.2) is 0 Å². The van der Waals surface area contributed by atoms with Crippen molar-refractivity contribution >= 4 is 33.2 Å². The zero-order valence-corrected chi connectivity index (χ0v) is 10.6. The highest BCUT2D eigenvalue weighted by molar-refractivity contribution is 7.17. The second-order valence-electron chi connectivity index (χ2n) is 4.36. The maximum absolute atomic E-state index is 6.00. The van der Waals surface area contributed by atoms with E-state index >= 15 is 0 Å². The standard InChI is InChI=1S/C13H14ClNS/c14-15-7-4-10(5-8-15)11-2-1-3-13-12(11)6-9-16-13/h1-3,6,9-10H,4-5,7-8H2. The fourth-order valence-electron chi connectivity index (χ4n) is 2.53. The van der Waals surface area contributed by atoms with Crippen LogP contribution in [0.1, 0.15) is 24.3 Å². The molecular formula is C13H14ClNS. The van der Waals surface area contributed by atoms with Crippen LogP contribution in [0.5, 0.6) is 0 Å². The van der Waals surface area contributed by atoms with Gasteiger partial charge in [0.25, 0.3) is 0 Å². The Bertz CT molecular complexity index is 485. The van der Waals surface area contributed by atoms with E-state index in [0.29, 0.717) is 5.92 Å². The van der Waals surface area contributed by atoms with Crippen molar-refractivity contribution in [3.8, 4) is 0 Å². The molecule has 1 fully saturated rings. The smallest absolute Gasteiger partial charge is 0.0345 e. The monoisotopic (exact) mass is 251 g/mol. The fourth-order valence-corrected chi connectivity index (χ4v) is 3.55. The van der Waals surface area contributed by atoms with Crippen molar-refractivity contribution in [3.05, 3.63) is 35.2 Å². The number of benzene rings is 1. The SMILES string of the molecule is ClN1CCC(c2cccc3sccc23)CC1. The van der Waals surface area contributed by atoms with E-state index in [1.807, 2.05) is 15.8 Å². The van der Waals surface area contributed by atoms with Gasteiger partial charge < -0.3 is 0 Å². The number of fused-ring (bicyclic) bond motifs is 1. The third-order valence-electron chi connectivity index (χ3n) is 3.41. The van der Waals surface area contributed by atoms with E-state index < -0.39 is 0 Å². The molecule has 0 radical (unpaired) electrons. The molecule has 0 atom stereocenters. The zero-order valence-electron chi connectivity index (χ0n) is 9.03. The van der Waals surface area contributed by atoms with E-state index in [4.69, 9.17) is 11.8 Å². The summed E-state index contributed by atoms with van der Waals surface area (Å²) in [4.78, 5) is 0. The van der Waals surface area contributed by atoms with Crippen LogP contribution >= 0.6 is 23.1 Å². The highest BCUT2D eigenvalue weighted by Crippen LogP contribution is 2.35. The van der Waals surface area contributed by atoms with Gasteiger partial charge in [-0.25, -0.2) is 4.42 Å². The van der Waals surface area contributed by atoms with Crippen molar-refractivity contribution in [1.82, 2.24) is 4.42 Å². The molecule has 16 heavy (non-hydrogen) atoms. The Labute approximate surface area is 105 Å². The van der Waals surface area contributed by atoms with Crippen LogP contribution in [-0.4, -0.2) is 17.5 Å². The summed E-state index contributed by atoms with van der Waals surface area (Å²) in [5.41, 5.74) is 1.52. The molecule has 2 aromatic rings.